The molecule has 0 radical (unpaired) electrons. The minimum absolute atomic E-state index is 0.0480. The van der Waals surface area contributed by atoms with E-state index in [4.69, 9.17) is 0 Å². The van der Waals surface area contributed by atoms with Crippen molar-refractivity contribution in [3.05, 3.63) is 47.2 Å². The Kier molecular flexibility index (Phi) is 3.61. The van der Waals surface area contributed by atoms with Crippen LogP contribution >= 0.6 is 11.3 Å². The molecule has 0 saturated carbocycles. The third-order valence-corrected chi connectivity index (χ3v) is 5.36. The van der Waals surface area contributed by atoms with Crippen LogP contribution < -0.4 is 0 Å². The van der Waals surface area contributed by atoms with Crippen molar-refractivity contribution in [1.29, 1.82) is 0 Å². The summed E-state index contributed by atoms with van der Waals surface area (Å²) in [6.45, 7) is 1.53. The van der Waals surface area contributed by atoms with Crippen LogP contribution in [0.25, 0.3) is 10.2 Å². The second-order valence-corrected chi connectivity index (χ2v) is 7.02. The van der Waals surface area contributed by atoms with Crippen LogP contribution in [-0.2, 0) is 7.05 Å². The van der Waals surface area contributed by atoms with Gasteiger partial charge in [-0.05, 0) is 31.0 Å². The first-order chi connectivity index (χ1) is 11.2. The van der Waals surface area contributed by atoms with Gasteiger partial charge in [0.1, 0.15) is 0 Å². The van der Waals surface area contributed by atoms with Crippen molar-refractivity contribution in [3.63, 3.8) is 0 Å². The molecule has 3 aromatic rings. The van der Waals surface area contributed by atoms with Crippen LogP contribution in [0.2, 0.25) is 0 Å². The van der Waals surface area contributed by atoms with Gasteiger partial charge in [-0.15, -0.1) is 11.3 Å². The molecule has 1 unspecified atom stereocenters. The zero-order valence-electron chi connectivity index (χ0n) is 13.0. The predicted molar refractivity (Wildman–Crippen MR) is 90.7 cm³/mol. The number of hydrogen-bond acceptors (Lipinski definition) is 4. The normalized spacial score (nSPS) is 18.5. The molecule has 23 heavy (non-hydrogen) atoms. The van der Waals surface area contributed by atoms with E-state index in [-0.39, 0.29) is 5.91 Å². The van der Waals surface area contributed by atoms with Gasteiger partial charge in [0.15, 0.2) is 5.01 Å². The number of aromatic nitrogens is 3. The summed E-state index contributed by atoms with van der Waals surface area (Å²) >= 11 is 1.48. The lowest BCUT2D eigenvalue weighted by atomic mass is 9.95. The molecular weight excluding hydrogens is 308 g/mol. The lowest BCUT2D eigenvalue weighted by Crippen LogP contribution is -2.39. The highest BCUT2D eigenvalue weighted by molar-refractivity contribution is 7.20. The standard InChI is InChI=1S/C17H18N4OS/c1-20-10-8-13(19-20)12-5-4-9-21(11-12)17(22)16-18-14-6-2-3-7-15(14)23-16/h2-3,6-8,10,12H,4-5,9,11H2,1H3. The molecule has 3 heterocycles. The van der Waals surface area contributed by atoms with Gasteiger partial charge in [-0.2, -0.15) is 5.10 Å². The van der Waals surface area contributed by atoms with Crippen LogP contribution in [0.1, 0.15) is 34.3 Å². The summed E-state index contributed by atoms with van der Waals surface area (Å²) in [6, 6.07) is 9.95. The van der Waals surface area contributed by atoms with E-state index >= 15 is 0 Å². The van der Waals surface area contributed by atoms with Crippen LogP contribution in [0.3, 0.4) is 0 Å². The number of hydrogen-bond donors (Lipinski definition) is 0. The number of piperidine rings is 1. The van der Waals surface area contributed by atoms with Crippen LogP contribution in [-0.4, -0.2) is 38.7 Å². The number of aryl methyl sites for hydroxylation is 1. The molecule has 1 fully saturated rings. The summed E-state index contributed by atoms with van der Waals surface area (Å²) in [4.78, 5) is 19.2. The van der Waals surface area contributed by atoms with Crippen molar-refractivity contribution in [2.45, 2.75) is 18.8 Å². The van der Waals surface area contributed by atoms with Crippen molar-refractivity contribution < 1.29 is 4.79 Å². The largest absolute Gasteiger partial charge is 0.336 e. The van der Waals surface area contributed by atoms with Crippen LogP contribution in [0.5, 0.6) is 0 Å². The second-order valence-electron chi connectivity index (χ2n) is 5.99. The van der Waals surface area contributed by atoms with Crippen molar-refractivity contribution in [1.82, 2.24) is 19.7 Å². The molecule has 1 atom stereocenters. The molecule has 0 aliphatic carbocycles. The van der Waals surface area contributed by atoms with Crippen molar-refractivity contribution in [2.75, 3.05) is 13.1 Å². The molecule has 1 amide bonds. The fourth-order valence-electron chi connectivity index (χ4n) is 3.15. The van der Waals surface area contributed by atoms with Gasteiger partial charge in [-0.1, -0.05) is 12.1 Å². The molecule has 6 heteroatoms. The monoisotopic (exact) mass is 326 g/mol. The Balaban J connectivity index is 1.55. The Bertz CT molecular complexity index is 820. The quantitative estimate of drug-likeness (QED) is 0.727. The first kappa shape index (κ1) is 14.4. The molecule has 5 nitrogen and oxygen atoms in total. The second kappa shape index (κ2) is 5.77. The van der Waals surface area contributed by atoms with Gasteiger partial charge in [0.2, 0.25) is 0 Å². The van der Waals surface area contributed by atoms with Gasteiger partial charge in [-0.25, -0.2) is 4.98 Å². The van der Waals surface area contributed by atoms with Gasteiger partial charge in [0, 0.05) is 32.3 Å². The zero-order valence-corrected chi connectivity index (χ0v) is 13.8. The fraction of sp³-hybridized carbons (Fsp3) is 0.353. The molecule has 4 rings (SSSR count). The molecule has 2 aromatic heterocycles. The number of para-hydroxylation sites is 1. The number of amides is 1. The van der Waals surface area contributed by atoms with Gasteiger partial charge < -0.3 is 4.90 Å². The Labute approximate surface area is 138 Å². The smallest absolute Gasteiger partial charge is 0.282 e. The molecule has 0 spiro atoms. The van der Waals surface area contributed by atoms with Crippen molar-refractivity contribution >= 4 is 27.5 Å². The summed E-state index contributed by atoms with van der Waals surface area (Å²) in [6.07, 6.45) is 4.06. The number of carbonyl (C=O) groups is 1. The first-order valence-corrected chi connectivity index (χ1v) is 8.67. The van der Waals surface area contributed by atoms with Crippen LogP contribution in [0.15, 0.2) is 36.5 Å². The average Bonchev–Trinajstić information content (AvgIpc) is 3.20. The summed E-state index contributed by atoms with van der Waals surface area (Å²) < 4.78 is 2.89. The molecule has 1 aliphatic heterocycles. The fourth-order valence-corrected chi connectivity index (χ4v) is 4.09. The van der Waals surface area contributed by atoms with Gasteiger partial charge in [-0.3, -0.25) is 9.48 Å². The maximum atomic E-state index is 12.8. The molecule has 118 valence electrons. The number of rotatable bonds is 2. The van der Waals surface area contributed by atoms with E-state index in [2.05, 4.69) is 16.1 Å². The van der Waals surface area contributed by atoms with E-state index in [0.717, 1.165) is 41.8 Å². The molecule has 0 bridgehead atoms. The van der Waals surface area contributed by atoms with E-state index in [9.17, 15) is 4.79 Å². The summed E-state index contributed by atoms with van der Waals surface area (Å²) in [7, 11) is 1.93. The van der Waals surface area contributed by atoms with Gasteiger partial charge >= 0.3 is 0 Å². The third-order valence-electron chi connectivity index (χ3n) is 4.34. The lowest BCUT2D eigenvalue weighted by molar-refractivity contribution is 0.0705. The van der Waals surface area contributed by atoms with Crippen molar-refractivity contribution in [2.24, 2.45) is 7.05 Å². The SMILES string of the molecule is Cn1ccc(C2CCCN(C(=O)c3nc4ccccc4s3)C2)n1. The number of benzene rings is 1. The van der Waals surface area contributed by atoms with Gasteiger partial charge in [0.05, 0.1) is 15.9 Å². The molecule has 1 aromatic carbocycles. The summed E-state index contributed by atoms with van der Waals surface area (Å²) in [5.41, 5.74) is 1.98. The average molecular weight is 326 g/mol. The predicted octanol–water partition coefficient (Wildman–Crippen LogP) is 3.05. The maximum absolute atomic E-state index is 12.8. The zero-order chi connectivity index (χ0) is 15.8. The van der Waals surface area contributed by atoms with Crippen molar-refractivity contribution in [3.8, 4) is 0 Å². The number of fused-ring (bicyclic) bond motifs is 1. The number of thiazole rings is 1. The number of nitrogens with zero attached hydrogens (tertiary/aromatic N) is 4. The highest BCUT2D eigenvalue weighted by atomic mass is 32.1. The summed E-state index contributed by atoms with van der Waals surface area (Å²) in [5, 5.41) is 5.09. The van der Waals surface area contributed by atoms with E-state index < -0.39 is 0 Å². The Morgan fingerprint density at radius 1 is 1.30 bits per heavy atom. The minimum atomic E-state index is 0.0480. The molecule has 0 N–H and O–H groups in total. The third kappa shape index (κ3) is 2.74. The Morgan fingerprint density at radius 3 is 2.96 bits per heavy atom. The molecular formula is C17H18N4OS. The van der Waals surface area contributed by atoms with E-state index in [0.29, 0.717) is 10.9 Å². The summed E-state index contributed by atoms with van der Waals surface area (Å²) in [5.74, 6) is 0.370. The number of likely N-dealkylation sites (tertiary alicyclic amines) is 1. The Morgan fingerprint density at radius 2 is 2.17 bits per heavy atom. The van der Waals surface area contributed by atoms with E-state index in [1.54, 1.807) is 0 Å². The van der Waals surface area contributed by atoms with Crippen LogP contribution in [0, 0.1) is 0 Å². The lowest BCUT2D eigenvalue weighted by Gasteiger charge is -2.31. The van der Waals surface area contributed by atoms with Crippen LogP contribution in [0.4, 0.5) is 0 Å². The molecule has 1 aliphatic rings. The highest BCUT2D eigenvalue weighted by Crippen LogP contribution is 2.28. The topological polar surface area (TPSA) is 51.0 Å². The first-order valence-electron chi connectivity index (χ1n) is 7.85. The minimum Gasteiger partial charge on any atom is -0.336 e. The van der Waals surface area contributed by atoms with Gasteiger partial charge in [0.25, 0.3) is 5.91 Å². The highest BCUT2D eigenvalue weighted by Gasteiger charge is 2.28. The Hall–Kier alpha value is -2.21. The maximum Gasteiger partial charge on any atom is 0.282 e. The number of carbonyl (C=O) groups excluding carboxylic acids is 1. The van der Waals surface area contributed by atoms with E-state index in [1.165, 1.54) is 11.3 Å². The molecule has 1 saturated heterocycles. The van der Waals surface area contributed by atoms with E-state index in [1.807, 2.05) is 47.1 Å².